The van der Waals surface area contributed by atoms with E-state index in [1.54, 1.807) is 47.0 Å². The highest BCUT2D eigenvalue weighted by Crippen LogP contribution is 2.65. The Morgan fingerprint density at radius 2 is 1.39 bits per heavy atom. The Morgan fingerprint density at radius 3 is 1.78 bits per heavy atom. The van der Waals surface area contributed by atoms with Crippen LogP contribution in [-0.4, -0.2) is 25.8 Å². The molecule has 0 unspecified atom stereocenters. The third kappa shape index (κ3) is 3.15. The second-order valence-corrected chi connectivity index (χ2v) is 13.3. The van der Waals surface area contributed by atoms with Gasteiger partial charge in [0.2, 0.25) is 0 Å². The first kappa shape index (κ1) is 17.9. The molecular weight excluding hydrogens is 368 g/mol. The standard InChI is InChI=1S/C16H20O3S4/c1-6-19-14(18)9-12-10(20-15(2,3)22-12)8(7-17)11-13(9)23-16(4,5)21-11/h17H,6-7H2,1-5H3. The van der Waals surface area contributed by atoms with Gasteiger partial charge in [-0.2, -0.15) is 0 Å². The van der Waals surface area contributed by atoms with Gasteiger partial charge in [-0.25, -0.2) is 4.79 Å². The maximum atomic E-state index is 12.7. The van der Waals surface area contributed by atoms with Crippen molar-refractivity contribution in [2.24, 2.45) is 0 Å². The molecule has 23 heavy (non-hydrogen) atoms. The molecule has 0 aliphatic carbocycles. The van der Waals surface area contributed by atoms with Gasteiger partial charge >= 0.3 is 5.97 Å². The molecule has 0 saturated heterocycles. The fourth-order valence-electron chi connectivity index (χ4n) is 2.68. The Hall–Kier alpha value is 0.0500. The van der Waals surface area contributed by atoms with Crippen molar-refractivity contribution < 1.29 is 14.6 Å². The molecule has 1 aromatic carbocycles. The molecule has 2 heterocycles. The van der Waals surface area contributed by atoms with Crippen molar-refractivity contribution in [3.05, 3.63) is 11.1 Å². The summed E-state index contributed by atoms with van der Waals surface area (Å²) in [5, 5.41) is 9.98. The number of ether oxygens (including phenoxy) is 1. The van der Waals surface area contributed by atoms with Gasteiger partial charge in [-0.1, -0.05) is 0 Å². The molecule has 3 rings (SSSR count). The lowest BCUT2D eigenvalue weighted by molar-refractivity contribution is 0.0516. The molecule has 0 atom stereocenters. The van der Waals surface area contributed by atoms with Crippen LogP contribution in [0, 0.1) is 0 Å². The molecule has 126 valence electrons. The van der Waals surface area contributed by atoms with Gasteiger partial charge in [-0.15, -0.1) is 47.0 Å². The van der Waals surface area contributed by atoms with Crippen molar-refractivity contribution >= 4 is 53.0 Å². The first-order valence-corrected chi connectivity index (χ1v) is 10.7. The van der Waals surface area contributed by atoms with Crippen LogP contribution in [0.1, 0.15) is 50.5 Å². The smallest absolute Gasteiger partial charge is 0.340 e. The van der Waals surface area contributed by atoms with E-state index in [4.69, 9.17) is 4.74 Å². The Balaban J connectivity index is 2.26. The SMILES string of the molecule is CCOC(=O)c1c2c(c(CO)c3c1SC(C)(C)S3)SC(C)(C)S2. The van der Waals surface area contributed by atoms with Crippen molar-refractivity contribution in [3.63, 3.8) is 0 Å². The number of benzene rings is 1. The number of esters is 1. The number of hydrogen-bond acceptors (Lipinski definition) is 7. The van der Waals surface area contributed by atoms with E-state index >= 15 is 0 Å². The van der Waals surface area contributed by atoms with Crippen molar-refractivity contribution in [3.8, 4) is 0 Å². The minimum Gasteiger partial charge on any atom is -0.462 e. The van der Waals surface area contributed by atoms with Crippen LogP contribution < -0.4 is 0 Å². The lowest BCUT2D eigenvalue weighted by Gasteiger charge is -2.15. The Bertz CT molecular complexity index is 637. The number of fused-ring (bicyclic) bond motifs is 2. The summed E-state index contributed by atoms with van der Waals surface area (Å²) in [4.78, 5) is 16.7. The molecule has 2 aliphatic rings. The lowest BCUT2D eigenvalue weighted by atomic mass is 10.1. The van der Waals surface area contributed by atoms with Crippen LogP contribution in [0.3, 0.4) is 0 Å². The van der Waals surface area contributed by atoms with Gasteiger partial charge in [0.15, 0.2) is 0 Å². The van der Waals surface area contributed by atoms with Crippen molar-refractivity contribution in [1.82, 2.24) is 0 Å². The van der Waals surface area contributed by atoms with E-state index in [-0.39, 0.29) is 20.7 Å². The van der Waals surface area contributed by atoms with Crippen molar-refractivity contribution in [1.29, 1.82) is 0 Å². The molecule has 0 bridgehead atoms. The van der Waals surface area contributed by atoms with Gasteiger partial charge in [-0.05, 0) is 34.6 Å². The lowest BCUT2D eigenvalue weighted by Crippen LogP contribution is -2.10. The van der Waals surface area contributed by atoms with Crippen LogP contribution in [0.5, 0.6) is 0 Å². The monoisotopic (exact) mass is 388 g/mol. The Kier molecular flexibility index (Phi) is 4.73. The number of rotatable bonds is 3. The molecule has 0 saturated carbocycles. The largest absolute Gasteiger partial charge is 0.462 e. The van der Waals surface area contributed by atoms with E-state index in [1.165, 1.54) is 0 Å². The molecule has 7 heteroatoms. The van der Waals surface area contributed by atoms with E-state index in [0.29, 0.717) is 12.2 Å². The average molecular weight is 389 g/mol. The van der Waals surface area contributed by atoms with Crippen LogP contribution in [-0.2, 0) is 11.3 Å². The third-order valence-corrected chi connectivity index (χ3v) is 9.20. The molecule has 0 amide bonds. The maximum absolute atomic E-state index is 12.7. The summed E-state index contributed by atoms with van der Waals surface area (Å²) in [6.45, 7) is 10.8. The number of aliphatic hydroxyl groups excluding tert-OH is 1. The zero-order chi connectivity index (χ0) is 17.0. The molecule has 2 aliphatic heterocycles. The second kappa shape index (κ2) is 6.09. The first-order valence-electron chi connectivity index (χ1n) is 7.46. The summed E-state index contributed by atoms with van der Waals surface area (Å²) < 4.78 is 5.25. The number of hydrogen-bond donors (Lipinski definition) is 1. The van der Waals surface area contributed by atoms with E-state index in [2.05, 4.69) is 27.7 Å². The molecule has 0 aromatic heterocycles. The molecule has 0 radical (unpaired) electrons. The normalized spacial score (nSPS) is 20.3. The Labute approximate surface area is 154 Å². The predicted octanol–water partition coefficient (Wildman–Crippen LogP) is 5.22. The minimum absolute atomic E-state index is 0.00104. The fraction of sp³-hybridized carbons (Fsp3) is 0.562. The number of carbonyl (C=O) groups is 1. The fourth-order valence-corrected chi connectivity index (χ4v) is 8.58. The van der Waals surface area contributed by atoms with E-state index in [9.17, 15) is 9.90 Å². The van der Waals surface area contributed by atoms with Crippen LogP contribution in [0.15, 0.2) is 19.6 Å². The van der Waals surface area contributed by atoms with Crippen molar-refractivity contribution in [2.75, 3.05) is 6.61 Å². The summed E-state index contributed by atoms with van der Waals surface area (Å²) in [5.41, 5.74) is 1.66. The summed E-state index contributed by atoms with van der Waals surface area (Å²) in [6, 6.07) is 0. The molecule has 0 fully saturated rings. The number of thioether (sulfide) groups is 4. The Morgan fingerprint density at radius 1 is 0.957 bits per heavy atom. The van der Waals surface area contributed by atoms with E-state index < -0.39 is 0 Å². The summed E-state index contributed by atoms with van der Waals surface area (Å²) in [7, 11) is 0. The first-order chi connectivity index (χ1) is 10.7. The molecule has 1 N–H and O–H groups in total. The number of aliphatic hydroxyl groups is 1. The summed E-state index contributed by atoms with van der Waals surface area (Å²) in [5.74, 6) is -0.249. The summed E-state index contributed by atoms with van der Waals surface area (Å²) in [6.07, 6.45) is 0. The topological polar surface area (TPSA) is 46.5 Å². The van der Waals surface area contributed by atoms with Crippen LogP contribution in [0.4, 0.5) is 0 Å². The van der Waals surface area contributed by atoms with E-state index in [1.807, 2.05) is 6.92 Å². The van der Waals surface area contributed by atoms with Crippen molar-refractivity contribution in [2.45, 2.75) is 69.0 Å². The molecule has 0 spiro atoms. The zero-order valence-electron chi connectivity index (χ0n) is 13.8. The predicted molar refractivity (Wildman–Crippen MR) is 99.9 cm³/mol. The maximum Gasteiger partial charge on any atom is 0.340 e. The highest BCUT2D eigenvalue weighted by Gasteiger charge is 2.43. The minimum atomic E-state index is -0.249. The summed E-state index contributed by atoms with van der Waals surface area (Å²) >= 11 is 6.86. The number of carbonyl (C=O) groups excluding carboxylic acids is 1. The van der Waals surface area contributed by atoms with Gasteiger partial charge in [0.05, 0.1) is 26.9 Å². The van der Waals surface area contributed by atoms with Crippen LogP contribution in [0.25, 0.3) is 0 Å². The van der Waals surface area contributed by atoms with E-state index in [0.717, 1.165) is 25.1 Å². The third-order valence-electron chi connectivity index (χ3n) is 3.44. The quantitative estimate of drug-likeness (QED) is 0.712. The van der Waals surface area contributed by atoms with Gasteiger partial charge in [0.25, 0.3) is 0 Å². The van der Waals surface area contributed by atoms with Crippen LogP contribution in [0.2, 0.25) is 0 Å². The molecule has 1 aromatic rings. The zero-order valence-corrected chi connectivity index (χ0v) is 17.1. The molecular formula is C16H20O3S4. The average Bonchev–Trinajstić information content (AvgIpc) is 2.89. The highest BCUT2D eigenvalue weighted by atomic mass is 32.2. The van der Waals surface area contributed by atoms with Crippen LogP contribution >= 0.6 is 47.0 Å². The van der Waals surface area contributed by atoms with Gasteiger partial charge in [-0.3, -0.25) is 0 Å². The highest BCUT2D eigenvalue weighted by molar-refractivity contribution is 8.21. The van der Waals surface area contributed by atoms with Gasteiger partial charge in [0, 0.05) is 25.1 Å². The molecule has 3 nitrogen and oxygen atoms in total. The van der Waals surface area contributed by atoms with Gasteiger partial charge < -0.3 is 9.84 Å². The van der Waals surface area contributed by atoms with Gasteiger partial charge in [0.1, 0.15) is 0 Å². The second-order valence-electron chi connectivity index (χ2n) is 6.26.